The zero-order valence-electron chi connectivity index (χ0n) is 21.8. The quantitative estimate of drug-likeness (QED) is 0.462. The summed E-state index contributed by atoms with van der Waals surface area (Å²) in [5, 5.41) is 9.84. The van der Waals surface area contributed by atoms with Gasteiger partial charge in [0.05, 0.1) is 18.7 Å². The van der Waals surface area contributed by atoms with Gasteiger partial charge < -0.3 is 14.7 Å². The summed E-state index contributed by atoms with van der Waals surface area (Å²) in [5.74, 6) is -0.266. The van der Waals surface area contributed by atoms with E-state index in [9.17, 15) is 18.3 Å². The summed E-state index contributed by atoms with van der Waals surface area (Å²) in [7, 11) is -2.26. The number of benzene rings is 2. The number of pyridine rings is 1. The highest BCUT2D eigenvalue weighted by Crippen LogP contribution is 2.34. The maximum absolute atomic E-state index is 13.7. The lowest BCUT2D eigenvalue weighted by atomic mass is 10.0. The van der Waals surface area contributed by atoms with Crippen LogP contribution in [0.4, 0.5) is 0 Å². The van der Waals surface area contributed by atoms with Crippen LogP contribution in [-0.4, -0.2) is 72.5 Å². The fourth-order valence-electron chi connectivity index (χ4n) is 4.38. The van der Waals surface area contributed by atoms with Gasteiger partial charge in [-0.1, -0.05) is 55.5 Å². The van der Waals surface area contributed by atoms with Crippen molar-refractivity contribution in [2.75, 3.05) is 26.7 Å². The van der Waals surface area contributed by atoms with Crippen LogP contribution in [0.15, 0.2) is 78.0 Å². The summed E-state index contributed by atoms with van der Waals surface area (Å²) in [4.78, 5) is 18.6. The van der Waals surface area contributed by atoms with Gasteiger partial charge in [0, 0.05) is 37.9 Å². The Morgan fingerprint density at radius 1 is 1.16 bits per heavy atom. The van der Waals surface area contributed by atoms with Crippen molar-refractivity contribution < 1.29 is 23.1 Å². The summed E-state index contributed by atoms with van der Waals surface area (Å²) in [6.07, 6.45) is 6.46. The Kier molecular flexibility index (Phi) is 8.61. The molecule has 0 bridgehead atoms. The molecule has 4 rings (SSSR count). The van der Waals surface area contributed by atoms with Crippen molar-refractivity contribution in [2.45, 2.75) is 30.9 Å². The van der Waals surface area contributed by atoms with Crippen molar-refractivity contribution in [3.8, 4) is 5.75 Å². The number of fused-ring (bicyclic) bond motifs is 1. The second-order valence-electron chi connectivity index (χ2n) is 9.62. The van der Waals surface area contributed by atoms with Crippen LogP contribution in [0.2, 0.25) is 0 Å². The van der Waals surface area contributed by atoms with Crippen LogP contribution >= 0.6 is 0 Å². The maximum Gasteiger partial charge on any atom is 0.255 e. The molecule has 0 radical (unpaired) electrons. The average molecular weight is 536 g/mol. The number of nitrogens with zero attached hydrogens (tertiary/aromatic N) is 3. The third-order valence-electron chi connectivity index (χ3n) is 6.67. The predicted octanol–water partition coefficient (Wildman–Crippen LogP) is 3.79. The van der Waals surface area contributed by atoms with E-state index in [2.05, 4.69) is 4.98 Å². The number of aromatic nitrogens is 1. The van der Waals surface area contributed by atoms with Crippen LogP contribution in [0.1, 0.15) is 35.3 Å². The van der Waals surface area contributed by atoms with E-state index in [1.54, 1.807) is 55.4 Å². The van der Waals surface area contributed by atoms with Crippen molar-refractivity contribution in [3.63, 3.8) is 0 Å². The van der Waals surface area contributed by atoms with Crippen LogP contribution in [0.3, 0.4) is 0 Å². The zero-order valence-corrected chi connectivity index (χ0v) is 22.6. The normalized spacial score (nSPS) is 20.1. The van der Waals surface area contributed by atoms with Gasteiger partial charge in [0.25, 0.3) is 5.91 Å². The molecule has 0 aliphatic carbocycles. The lowest BCUT2D eigenvalue weighted by molar-refractivity contribution is 0.0563. The SMILES string of the molecule is C[C@H](CO)N1C[C@H](C)[C@H](CN(C)C(=O)c2cccnc2)Oc2cc(/C=C/c3ccccc3)ccc2S1(=O)=O. The summed E-state index contributed by atoms with van der Waals surface area (Å²) in [6, 6.07) is 17.6. The molecule has 1 aliphatic rings. The van der Waals surface area contributed by atoms with E-state index in [-0.39, 0.29) is 42.2 Å². The number of hydrogen-bond acceptors (Lipinski definition) is 6. The van der Waals surface area contributed by atoms with Gasteiger partial charge in [-0.2, -0.15) is 4.31 Å². The van der Waals surface area contributed by atoms with Gasteiger partial charge in [-0.15, -0.1) is 0 Å². The third-order valence-corrected chi connectivity index (χ3v) is 8.69. The molecule has 1 N–H and O–H groups in total. The molecule has 3 atom stereocenters. The minimum Gasteiger partial charge on any atom is -0.487 e. The minimum absolute atomic E-state index is 0.0350. The molecule has 1 aromatic heterocycles. The van der Waals surface area contributed by atoms with Crippen LogP contribution in [0.5, 0.6) is 5.75 Å². The highest BCUT2D eigenvalue weighted by molar-refractivity contribution is 7.89. The number of aliphatic hydroxyl groups excluding tert-OH is 1. The Bertz CT molecular complexity index is 1380. The molecule has 200 valence electrons. The molecule has 38 heavy (non-hydrogen) atoms. The topological polar surface area (TPSA) is 100 Å². The number of ether oxygens (including phenoxy) is 1. The Labute approximate surface area is 224 Å². The first kappa shape index (κ1) is 27.5. The first-order valence-corrected chi connectivity index (χ1v) is 14.0. The standard InChI is InChI=1S/C29H33N3O5S/c1-21-18-32(22(2)20-33)38(35,36)28-14-13-24(12-11-23-8-5-4-6-9-23)16-26(28)37-27(21)19-31(3)29(34)25-10-7-15-30-17-25/h4-17,21-22,27,33H,18-20H2,1-3H3/b12-11+/t21-,22+,27-/m0/s1. The fraction of sp³-hybridized carbons (Fsp3) is 0.310. The monoisotopic (exact) mass is 535 g/mol. The molecule has 1 aliphatic heterocycles. The van der Waals surface area contributed by atoms with Gasteiger partial charge >= 0.3 is 0 Å². The molecule has 0 unspecified atom stereocenters. The van der Waals surface area contributed by atoms with Gasteiger partial charge in [-0.05, 0) is 42.3 Å². The van der Waals surface area contributed by atoms with Crippen molar-refractivity contribution in [1.29, 1.82) is 0 Å². The average Bonchev–Trinajstić information content (AvgIpc) is 2.93. The molecule has 8 nitrogen and oxygen atoms in total. The van der Waals surface area contributed by atoms with Crippen LogP contribution < -0.4 is 4.74 Å². The van der Waals surface area contributed by atoms with Gasteiger partial charge in [-0.25, -0.2) is 8.42 Å². The van der Waals surface area contributed by atoms with E-state index in [1.807, 2.05) is 49.4 Å². The second kappa shape index (κ2) is 11.9. The minimum atomic E-state index is -3.95. The van der Waals surface area contributed by atoms with E-state index >= 15 is 0 Å². The van der Waals surface area contributed by atoms with Crippen LogP contribution in [0, 0.1) is 5.92 Å². The molecule has 2 aromatic carbocycles. The Balaban J connectivity index is 1.70. The molecule has 0 spiro atoms. The molecule has 1 amide bonds. The predicted molar refractivity (Wildman–Crippen MR) is 147 cm³/mol. The smallest absolute Gasteiger partial charge is 0.255 e. The van der Waals surface area contributed by atoms with E-state index in [1.165, 1.54) is 10.5 Å². The number of carbonyl (C=O) groups excluding carboxylic acids is 1. The molecule has 0 fully saturated rings. The molecular weight excluding hydrogens is 502 g/mol. The summed E-state index contributed by atoms with van der Waals surface area (Å²) in [5.41, 5.74) is 2.24. The number of aliphatic hydroxyl groups is 1. The van der Waals surface area contributed by atoms with Crippen molar-refractivity contribution >= 4 is 28.1 Å². The fourth-order valence-corrected chi connectivity index (χ4v) is 6.21. The first-order valence-electron chi connectivity index (χ1n) is 12.5. The molecule has 2 heterocycles. The van der Waals surface area contributed by atoms with Crippen molar-refractivity contribution in [3.05, 3.63) is 89.7 Å². The Morgan fingerprint density at radius 3 is 2.58 bits per heavy atom. The number of hydrogen-bond donors (Lipinski definition) is 1. The molecule has 3 aromatic rings. The van der Waals surface area contributed by atoms with Crippen molar-refractivity contribution in [2.24, 2.45) is 5.92 Å². The summed E-state index contributed by atoms with van der Waals surface area (Å²) < 4.78 is 35.1. The van der Waals surface area contributed by atoms with Crippen LogP contribution in [-0.2, 0) is 10.0 Å². The highest BCUT2D eigenvalue weighted by atomic mass is 32.2. The number of carbonyl (C=O) groups is 1. The number of amides is 1. The van der Waals surface area contributed by atoms with E-state index in [0.717, 1.165) is 11.1 Å². The molecular formula is C29H33N3O5S. The van der Waals surface area contributed by atoms with Gasteiger partial charge in [0.15, 0.2) is 0 Å². The summed E-state index contributed by atoms with van der Waals surface area (Å²) >= 11 is 0. The van der Waals surface area contributed by atoms with Crippen LogP contribution in [0.25, 0.3) is 12.2 Å². The van der Waals surface area contributed by atoms with Gasteiger partial charge in [0.2, 0.25) is 10.0 Å². The molecule has 9 heteroatoms. The van der Waals surface area contributed by atoms with E-state index in [4.69, 9.17) is 4.74 Å². The lowest BCUT2D eigenvalue weighted by Crippen LogP contribution is -2.50. The van der Waals surface area contributed by atoms with Crippen molar-refractivity contribution in [1.82, 2.24) is 14.2 Å². The number of sulfonamides is 1. The number of rotatable bonds is 7. The number of likely N-dealkylation sites (N-methyl/N-ethyl adjacent to an activating group) is 1. The maximum atomic E-state index is 13.7. The second-order valence-corrected chi connectivity index (χ2v) is 11.5. The molecule has 0 saturated carbocycles. The molecule has 0 saturated heterocycles. The first-order chi connectivity index (χ1) is 18.2. The highest BCUT2D eigenvalue weighted by Gasteiger charge is 2.38. The zero-order chi connectivity index (χ0) is 27.3. The van der Waals surface area contributed by atoms with Gasteiger partial charge in [-0.3, -0.25) is 9.78 Å². The summed E-state index contributed by atoms with van der Waals surface area (Å²) in [6.45, 7) is 3.63. The van der Waals surface area contributed by atoms with E-state index in [0.29, 0.717) is 5.56 Å². The Morgan fingerprint density at radius 2 is 1.89 bits per heavy atom. The van der Waals surface area contributed by atoms with E-state index < -0.39 is 22.2 Å². The Hall–Kier alpha value is -3.53. The largest absolute Gasteiger partial charge is 0.487 e. The lowest BCUT2D eigenvalue weighted by Gasteiger charge is -2.37. The van der Waals surface area contributed by atoms with Gasteiger partial charge in [0.1, 0.15) is 16.7 Å². The third kappa shape index (κ3) is 6.12.